The van der Waals surface area contributed by atoms with E-state index in [9.17, 15) is 4.79 Å². The number of piperidine rings is 1. The van der Waals surface area contributed by atoms with Crippen molar-refractivity contribution >= 4 is 6.09 Å². The van der Waals surface area contributed by atoms with Crippen LogP contribution in [0.2, 0.25) is 0 Å². The second-order valence-electron chi connectivity index (χ2n) is 3.03. The van der Waals surface area contributed by atoms with Gasteiger partial charge in [0, 0.05) is 6.04 Å². The maximum atomic E-state index is 10.3. The molecule has 0 radical (unpaired) electrons. The van der Waals surface area contributed by atoms with Crippen molar-refractivity contribution < 1.29 is 9.90 Å². The van der Waals surface area contributed by atoms with Gasteiger partial charge in [-0.15, -0.1) is 0 Å². The van der Waals surface area contributed by atoms with Crippen LogP contribution in [0, 0.1) is 5.92 Å². The number of nitrogens with one attached hydrogen (secondary N) is 2. The molecule has 11 heavy (non-hydrogen) atoms. The van der Waals surface area contributed by atoms with E-state index in [0.29, 0.717) is 5.92 Å². The van der Waals surface area contributed by atoms with E-state index in [1.807, 2.05) is 6.92 Å². The quantitative estimate of drug-likeness (QED) is 0.512. The van der Waals surface area contributed by atoms with Gasteiger partial charge >= 0.3 is 6.09 Å². The number of hydrogen-bond donors (Lipinski definition) is 3. The van der Waals surface area contributed by atoms with E-state index in [2.05, 4.69) is 10.6 Å². The van der Waals surface area contributed by atoms with Gasteiger partial charge in [-0.05, 0) is 25.4 Å². The van der Waals surface area contributed by atoms with Crippen LogP contribution in [0.4, 0.5) is 4.79 Å². The highest BCUT2D eigenvalue weighted by Crippen LogP contribution is 2.09. The summed E-state index contributed by atoms with van der Waals surface area (Å²) < 4.78 is 0. The highest BCUT2D eigenvalue weighted by atomic mass is 16.4. The van der Waals surface area contributed by atoms with Gasteiger partial charge in [0.1, 0.15) is 0 Å². The van der Waals surface area contributed by atoms with Crippen molar-refractivity contribution in [2.24, 2.45) is 5.92 Å². The Morgan fingerprint density at radius 2 is 2.45 bits per heavy atom. The lowest BCUT2D eigenvalue weighted by Gasteiger charge is -2.28. The third-order valence-electron chi connectivity index (χ3n) is 2.09. The molecule has 1 rings (SSSR count). The molecule has 0 saturated carbocycles. The van der Waals surface area contributed by atoms with Gasteiger partial charge in [0.15, 0.2) is 0 Å². The first kappa shape index (κ1) is 8.33. The third kappa shape index (κ3) is 2.38. The lowest BCUT2D eigenvalue weighted by Crippen LogP contribution is -2.47. The molecule has 3 N–H and O–H groups in total. The van der Waals surface area contributed by atoms with E-state index >= 15 is 0 Å². The summed E-state index contributed by atoms with van der Waals surface area (Å²) in [6, 6.07) is 0.133. The fourth-order valence-corrected chi connectivity index (χ4v) is 1.39. The van der Waals surface area contributed by atoms with Gasteiger partial charge in [-0.2, -0.15) is 0 Å². The Hall–Kier alpha value is -0.770. The van der Waals surface area contributed by atoms with Gasteiger partial charge in [0.2, 0.25) is 0 Å². The van der Waals surface area contributed by atoms with E-state index in [0.717, 1.165) is 19.5 Å². The summed E-state index contributed by atoms with van der Waals surface area (Å²) >= 11 is 0. The predicted molar refractivity (Wildman–Crippen MR) is 41.6 cm³/mol. The summed E-state index contributed by atoms with van der Waals surface area (Å²) in [4.78, 5) is 10.3. The first-order valence-electron chi connectivity index (χ1n) is 3.90. The van der Waals surface area contributed by atoms with Crippen LogP contribution >= 0.6 is 0 Å². The molecule has 1 saturated heterocycles. The average molecular weight is 158 g/mol. The van der Waals surface area contributed by atoms with Crippen LogP contribution in [0.1, 0.15) is 13.3 Å². The topological polar surface area (TPSA) is 61.4 Å². The van der Waals surface area contributed by atoms with Crippen LogP contribution in [0.15, 0.2) is 0 Å². The second kappa shape index (κ2) is 3.57. The molecule has 0 spiro atoms. The first-order valence-corrected chi connectivity index (χ1v) is 3.90. The Morgan fingerprint density at radius 3 is 3.00 bits per heavy atom. The number of hydrogen-bond acceptors (Lipinski definition) is 2. The Morgan fingerprint density at radius 1 is 1.73 bits per heavy atom. The Kier molecular flexibility index (Phi) is 2.70. The van der Waals surface area contributed by atoms with Crippen molar-refractivity contribution in [3.8, 4) is 0 Å². The molecule has 0 aliphatic carbocycles. The van der Waals surface area contributed by atoms with Crippen molar-refractivity contribution in [1.29, 1.82) is 0 Å². The Bertz CT molecular complexity index is 149. The fourth-order valence-electron chi connectivity index (χ4n) is 1.39. The lowest BCUT2D eigenvalue weighted by molar-refractivity contribution is 0.180. The molecule has 1 aliphatic heterocycles. The summed E-state index contributed by atoms with van der Waals surface area (Å²) in [6.45, 7) is 3.87. The number of amides is 1. The minimum Gasteiger partial charge on any atom is -0.465 e. The molecule has 1 aliphatic rings. The average Bonchev–Trinajstić information content (AvgIpc) is 1.93. The van der Waals surface area contributed by atoms with E-state index in [1.54, 1.807) is 0 Å². The smallest absolute Gasteiger partial charge is 0.404 e. The van der Waals surface area contributed by atoms with E-state index in [4.69, 9.17) is 5.11 Å². The summed E-state index contributed by atoms with van der Waals surface area (Å²) in [7, 11) is 0. The summed E-state index contributed by atoms with van der Waals surface area (Å²) in [5.74, 6) is 0.403. The SMILES string of the molecule is C[C@H]1CNCC[C@@H]1NC(=O)O. The van der Waals surface area contributed by atoms with E-state index < -0.39 is 6.09 Å². The molecule has 0 aromatic rings. The van der Waals surface area contributed by atoms with Crippen molar-refractivity contribution in [3.05, 3.63) is 0 Å². The van der Waals surface area contributed by atoms with Gasteiger partial charge in [-0.25, -0.2) is 4.79 Å². The molecule has 1 heterocycles. The highest BCUT2D eigenvalue weighted by Gasteiger charge is 2.21. The maximum Gasteiger partial charge on any atom is 0.404 e. The molecular formula is C7H14N2O2. The second-order valence-corrected chi connectivity index (χ2v) is 3.03. The molecule has 0 bridgehead atoms. The van der Waals surface area contributed by atoms with Crippen LogP contribution in [-0.2, 0) is 0 Å². The molecule has 4 nitrogen and oxygen atoms in total. The molecule has 4 heteroatoms. The molecule has 0 aromatic carbocycles. The Labute approximate surface area is 66.0 Å². The summed E-state index contributed by atoms with van der Waals surface area (Å²) in [6.07, 6.45) is -0.0169. The molecule has 64 valence electrons. The third-order valence-corrected chi connectivity index (χ3v) is 2.09. The molecule has 0 aromatic heterocycles. The van der Waals surface area contributed by atoms with Crippen LogP contribution in [0.5, 0.6) is 0 Å². The van der Waals surface area contributed by atoms with Gasteiger partial charge in [-0.1, -0.05) is 6.92 Å². The molecule has 0 unspecified atom stereocenters. The Balaban J connectivity index is 2.35. The minimum absolute atomic E-state index is 0.133. The number of rotatable bonds is 1. The van der Waals surface area contributed by atoms with Crippen LogP contribution < -0.4 is 10.6 Å². The summed E-state index contributed by atoms with van der Waals surface area (Å²) in [5, 5.41) is 14.2. The van der Waals surface area contributed by atoms with Crippen LogP contribution in [-0.4, -0.2) is 30.3 Å². The molecule has 1 fully saturated rings. The lowest BCUT2D eigenvalue weighted by atomic mass is 9.96. The number of carboxylic acid groups (broad SMARTS) is 1. The van der Waals surface area contributed by atoms with Crippen molar-refractivity contribution in [2.45, 2.75) is 19.4 Å². The van der Waals surface area contributed by atoms with Crippen LogP contribution in [0.3, 0.4) is 0 Å². The zero-order valence-electron chi connectivity index (χ0n) is 6.63. The maximum absolute atomic E-state index is 10.3. The summed E-state index contributed by atoms with van der Waals surface area (Å²) in [5.41, 5.74) is 0. The number of carbonyl (C=O) groups is 1. The predicted octanol–water partition coefficient (Wildman–Crippen LogP) is 0.252. The van der Waals surface area contributed by atoms with Crippen LogP contribution in [0.25, 0.3) is 0 Å². The van der Waals surface area contributed by atoms with Crippen molar-refractivity contribution in [3.63, 3.8) is 0 Å². The van der Waals surface area contributed by atoms with Gasteiger partial charge < -0.3 is 15.7 Å². The monoisotopic (exact) mass is 158 g/mol. The first-order chi connectivity index (χ1) is 5.20. The highest BCUT2D eigenvalue weighted by molar-refractivity contribution is 5.64. The van der Waals surface area contributed by atoms with Crippen molar-refractivity contribution in [2.75, 3.05) is 13.1 Å². The normalized spacial score (nSPS) is 31.4. The van der Waals surface area contributed by atoms with Gasteiger partial charge in [-0.3, -0.25) is 0 Å². The molecule has 2 atom stereocenters. The van der Waals surface area contributed by atoms with Gasteiger partial charge in [0.05, 0.1) is 0 Å². The minimum atomic E-state index is -0.913. The fraction of sp³-hybridized carbons (Fsp3) is 0.857. The zero-order chi connectivity index (χ0) is 8.27. The largest absolute Gasteiger partial charge is 0.465 e. The van der Waals surface area contributed by atoms with E-state index in [1.165, 1.54) is 0 Å². The van der Waals surface area contributed by atoms with Gasteiger partial charge in [0.25, 0.3) is 0 Å². The zero-order valence-corrected chi connectivity index (χ0v) is 6.63. The van der Waals surface area contributed by atoms with E-state index in [-0.39, 0.29) is 6.04 Å². The standard InChI is InChI=1S/C7H14N2O2/c1-5-4-8-3-2-6(5)9-7(10)11/h5-6,8-9H,2-4H2,1H3,(H,10,11)/t5-,6-/m0/s1. The van der Waals surface area contributed by atoms with Crippen molar-refractivity contribution in [1.82, 2.24) is 10.6 Å². The molecule has 1 amide bonds. The molecular weight excluding hydrogens is 144 g/mol.